The Morgan fingerprint density at radius 2 is 1.61 bits per heavy atom. The maximum atomic E-state index is 12.9. The summed E-state index contributed by atoms with van der Waals surface area (Å²) in [5.41, 5.74) is 5.55. The van der Waals surface area contributed by atoms with Crippen LogP contribution in [-0.2, 0) is 13.9 Å². The maximum absolute atomic E-state index is 12.9. The van der Waals surface area contributed by atoms with Crippen molar-refractivity contribution in [3.63, 3.8) is 0 Å². The maximum Gasteiger partial charge on any atom is 0.258 e. The number of hydroxylamine groups is 1. The molecule has 4 N–H and O–H groups in total. The van der Waals surface area contributed by atoms with E-state index in [9.17, 15) is 14.7 Å². The van der Waals surface area contributed by atoms with Gasteiger partial charge in [0.2, 0.25) is 0 Å². The highest BCUT2D eigenvalue weighted by atomic mass is 32.2. The third kappa shape index (κ3) is 11.1. The number of Topliss-reactive ketones (excluding diaryl/α,β-unsaturated/α-hetero) is 1. The topological polar surface area (TPSA) is 109 Å². The number of anilines is 2. The van der Waals surface area contributed by atoms with E-state index < -0.39 is 11.9 Å². The van der Waals surface area contributed by atoms with Gasteiger partial charge in [0.05, 0.1) is 27.5 Å². The van der Waals surface area contributed by atoms with Crippen LogP contribution in [0.4, 0.5) is 11.4 Å². The van der Waals surface area contributed by atoms with E-state index in [0.717, 1.165) is 59.7 Å². The third-order valence-electron chi connectivity index (χ3n) is 7.20. The lowest BCUT2D eigenvalue weighted by Gasteiger charge is -2.30. The number of aromatic hydroxyl groups is 1. The molecule has 3 aromatic carbocycles. The van der Waals surface area contributed by atoms with E-state index in [1.165, 1.54) is 42.9 Å². The van der Waals surface area contributed by atoms with Crippen molar-refractivity contribution >= 4 is 46.9 Å². The van der Waals surface area contributed by atoms with Gasteiger partial charge in [0.1, 0.15) is 17.5 Å². The molecule has 0 saturated carbocycles. The van der Waals surface area contributed by atoms with Crippen molar-refractivity contribution in [3.8, 4) is 11.5 Å². The second kappa shape index (κ2) is 17.9. The highest BCUT2D eigenvalue weighted by Crippen LogP contribution is 2.40. The Morgan fingerprint density at radius 1 is 0.955 bits per heavy atom. The first-order valence-electron chi connectivity index (χ1n) is 15.0. The highest BCUT2D eigenvalue weighted by Gasteiger charge is 2.24. The smallest absolute Gasteiger partial charge is 0.258 e. The number of para-hydroxylation sites is 1. The van der Waals surface area contributed by atoms with Gasteiger partial charge in [0.25, 0.3) is 5.91 Å². The van der Waals surface area contributed by atoms with Crippen molar-refractivity contribution in [2.75, 3.05) is 18.2 Å². The molecule has 0 saturated heterocycles. The van der Waals surface area contributed by atoms with Gasteiger partial charge in [-0.3, -0.25) is 9.59 Å². The second-order valence-electron chi connectivity index (χ2n) is 11.0. The Labute approximate surface area is 270 Å². The van der Waals surface area contributed by atoms with Crippen LogP contribution in [0.25, 0.3) is 0 Å². The van der Waals surface area contributed by atoms with Gasteiger partial charge in [-0.1, -0.05) is 69.9 Å². The first kappa shape index (κ1) is 35.3. The number of rotatable bonds is 19. The number of benzene rings is 3. The van der Waals surface area contributed by atoms with Gasteiger partial charge in [-0.15, -0.1) is 11.8 Å². The van der Waals surface area contributed by atoms with Gasteiger partial charge in [-0.2, -0.15) is 5.48 Å². The number of ketones is 1. The van der Waals surface area contributed by atoms with E-state index in [1.807, 2.05) is 48.7 Å². The minimum absolute atomic E-state index is 0.0832. The molecule has 1 atom stereocenters. The van der Waals surface area contributed by atoms with Gasteiger partial charge in [-0.25, -0.2) is 4.28 Å². The number of amides is 1. The fourth-order valence-corrected chi connectivity index (χ4v) is 5.86. The standard InChI is InChI=1S/C34H45N3O5S2/c1-6-8-19-34(4,20-9-7-2)37-42-44-30-22-29(31(43-5)21-28(30)35-26-13-11-10-12-14-26)41-23-32(40)36-33(24(3)38)25-15-17-27(39)18-16-25/h10-18,21-22,33,35,37,39H,6-9,19-20,23H2,1-5H3,(H,36,40)/t33-/m0/s1. The summed E-state index contributed by atoms with van der Waals surface area (Å²) in [5.74, 6) is -0.0501. The Bertz CT molecular complexity index is 1330. The highest BCUT2D eigenvalue weighted by molar-refractivity contribution is 7.98. The van der Waals surface area contributed by atoms with Crippen molar-refractivity contribution in [3.05, 3.63) is 72.3 Å². The van der Waals surface area contributed by atoms with Crippen LogP contribution in [0, 0.1) is 0 Å². The summed E-state index contributed by atoms with van der Waals surface area (Å²) in [5, 5.41) is 15.8. The number of hydrogen-bond acceptors (Lipinski definition) is 9. The van der Waals surface area contributed by atoms with Crippen molar-refractivity contribution < 1.29 is 23.7 Å². The summed E-state index contributed by atoms with van der Waals surface area (Å²) in [4.78, 5) is 26.9. The zero-order chi connectivity index (χ0) is 32.0. The SMILES string of the molecule is CCCCC(C)(CCCC)NOSc1cc(OCC(=O)N[C@@H](C(C)=O)c2ccc(O)cc2)c(SC)cc1Nc1ccccc1. The Hall–Kier alpha value is -3.18. The van der Waals surface area contributed by atoms with Crippen LogP contribution in [0.5, 0.6) is 11.5 Å². The molecule has 0 aromatic heterocycles. The van der Waals surface area contributed by atoms with Crippen molar-refractivity contribution in [1.29, 1.82) is 0 Å². The zero-order valence-electron chi connectivity index (χ0n) is 26.3. The number of carbonyl (C=O) groups excluding carboxylic acids is 2. The van der Waals surface area contributed by atoms with Gasteiger partial charge in [0, 0.05) is 11.2 Å². The van der Waals surface area contributed by atoms with E-state index in [-0.39, 0.29) is 23.7 Å². The summed E-state index contributed by atoms with van der Waals surface area (Å²) >= 11 is 2.72. The molecule has 0 unspecified atom stereocenters. The fourth-order valence-electron chi connectivity index (χ4n) is 4.62. The summed E-state index contributed by atoms with van der Waals surface area (Å²) < 4.78 is 12.1. The minimum Gasteiger partial charge on any atom is -0.508 e. The molecule has 44 heavy (non-hydrogen) atoms. The van der Waals surface area contributed by atoms with Crippen molar-refractivity contribution in [2.24, 2.45) is 0 Å². The molecule has 238 valence electrons. The molecule has 3 aromatic rings. The monoisotopic (exact) mass is 639 g/mol. The number of phenolic OH excluding ortho intramolecular Hbond substituents is 1. The van der Waals surface area contributed by atoms with E-state index in [4.69, 9.17) is 9.02 Å². The normalized spacial score (nSPS) is 12.0. The molecule has 0 aliphatic carbocycles. The van der Waals surface area contributed by atoms with Crippen LogP contribution >= 0.6 is 23.8 Å². The minimum atomic E-state index is -0.843. The molecule has 0 spiro atoms. The van der Waals surface area contributed by atoms with Crippen LogP contribution < -0.4 is 20.9 Å². The molecule has 0 heterocycles. The molecule has 3 rings (SSSR count). The molecule has 0 aliphatic heterocycles. The van der Waals surface area contributed by atoms with E-state index in [2.05, 4.69) is 36.9 Å². The molecule has 0 radical (unpaired) electrons. The number of phenols is 1. The molecule has 1 amide bonds. The Kier molecular flexibility index (Phi) is 14.4. The zero-order valence-corrected chi connectivity index (χ0v) is 27.9. The van der Waals surface area contributed by atoms with Gasteiger partial charge in [-0.05, 0) is 74.9 Å². The van der Waals surface area contributed by atoms with Crippen LogP contribution in [0.15, 0.2) is 76.5 Å². The first-order chi connectivity index (χ1) is 21.2. The molecular weight excluding hydrogens is 595 g/mol. The van der Waals surface area contributed by atoms with Gasteiger partial charge < -0.3 is 20.5 Å². The van der Waals surface area contributed by atoms with E-state index in [0.29, 0.717) is 11.3 Å². The Balaban J connectivity index is 1.79. The average molecular weight is 640 g/mol. The fraction of sp³-hybridized carbons (Fsp3) is 0.412. The number of carbonyl (C=O) groups is 2. The molecule has 0 bridgehead atoms. The van der Waals surface area contributed by atoms with Crippen LogP contribution in [0.1, 0.15) is 77.8 Å². The molecule has 10 heteroatoms. The predicted molar refractivity (Wildman–Crippen MR) is 181 cm³/mol. The summed E-state index contributed by atoms with van der Waals surface area (Å²) in [6.07, 6.45) is 8.44. The van der Waals surface area contributed by atoms with Crippen LogP contribution in [-0.4, -0.2) is 35.2 Å². The van der Waals surface area contributed by atoms with Crippen molar-refractivity contribution in [2.45, 2.75) is 87.6 Å². The summed E-state index contributed by atoms with van der Waals surface area (Å²) in [6, 6.07) is 19.1. The van der Waals surface area contributed by atoms with Crippen LogP contribution in [0.3, 0.4) is 0 Å². The summed E-state index contributed by atoms with van der Waals surface area (Å²) in [6.45, 7) is 7.73. The molecule has 8 nitrogen and oxygen atoms in total. The first-order valence-corrected chi connectivity index (χ1v) is 17.0. The third-order valence-corrected chi connectivity index (χ3v) is 8.64. The Morgan fingerprint density at radius 3 is 2.20 bits per heavy atom. The quantitative estimate of drug-likeness (QED) is 0.0584. The molecule has 0 aliphatic rings. The number of unbranched alkanes of at least 4 members (excludes halogenated alkanes) is 2. The summed E-state index contributed by atoms with van der Waals surface area (Å²) in [7, 11) is 0. The lowest BCUT2D eigenvalue weighted by Crippen LogP contribution is -2.41. The van der Waals surface area contributed by atoms with Gasteiger partial charge in [0.15, 0.2) is 12.4 Å². The van der Waals surface area contributed by atoms with E-state index >= 15 is 0 Å². The number of nitrogens with one attached hydrogen (secondary N) is 3. The van der Waals surface area contributed by atoms with Gasteiger partial charge >= 0.3 is 0 Å². The molecule has 0 fully saturated rings. The predicted octanol–water partition coefficient (Wildman–Crippen LogP) is 8.35. The lowest BCUT2D eigenvalue weighted by atomic mass is 9.90. The lowest BCUT2D eigenvalue weighted by molar-refractivity contribution is -0.128. The number of thioether (sulfide) groups is 1. The second-order valence-corrected chi connectivity index (χ2v) is 12.6. The largest absolute Gasteiger partial charge is 0.508 e. The van der Waals surface area contributed by atoms with Crippen LogP contribution in [0.2, 0.25) is 0 Å². The number of hydrogen-bond donors (Lipinski definition) is 4. The van der Waals surface area contributed by atoms with E-state index in [1.54, 1.807) is 12.1 Å². The number of ether oxygens (including phenoxy) is 1. The average Bonchev–Trinajstić information content (AvgIpc) is 3.02. The molecular formula is C34H45N3O5S2. The van der Waals surface area contributed by atoms with Crippen molar-refractivity contribution in [1.82, 2.24) is 10.8 Å².